The van der Waals surface area contributed by atoms with Crippen molar-refractivity contribution >= 4 is 23.4 Å². The Kier molecular flexibility index (Phi) is 4.87. The molecule has 2 rings (SSSR count). The van der Waals surface area contributed by atoms with Crippen LogP contribution >= 0.6 is 11.8 Å². The number of amides is 1. The monoisotopic (exact) mass is 265 g/mol. The molecule has 1 aromatic rings. The van der Waals surface area contributed by atoms with E-state index < -0.39 is 0 Å². The van der Waals surface area contributed by atoms with E-state index in [-0.39, 0.29) is 5.91 Å². The summed E-state index contributed by atoms with van der Waals surface area (Å²) in [6, 6.07) is 2.16. The first kappa shape index (κ1) is 13.2. The summed E-state index contributed by atoms with van der Waals surface area (Å²) in [4.78, 5) is 16.2. The van der Waals surface area contributed by atoms with Crippen LogP contribution in [-0.2, 0) is 0 Å². The zero-order valence-electron chi connectivity index (χ0n) is 10.6. The van der Waals surface area contributed by atoms with Crippen molar-refractivity contribution < 1.29 is 4.79 Å². The van der Waals surface area contributed by atoms with Crippen LogP contribution in [0.15, 0.2) is 18.5 Å². The maximum absolute atomic E-state index is 12.2. The lowest BCUT2D eigenvalue weighted by Gasteiger charge is -2.14. The van der Waals surface area contributed by atoms with Crippen molar-refractivity contribution in [1.82, 2.24) is 10.3 Å². The lowest BCUT2D eigenvalue weighted by atomic mass is 10.2. The van der Waals surface area contributed by atoms with Crippen LogP contribution in [-0.4, -0.2) is 35.0 Å². The SMILES string of the molecule is CCCNc1ccncc1C(=O)NC1CCSC1. The van der Waals surface area contributed by atoms with Gasteiger partial charge in [-0.05, 0) is 24.7 Å². The van der Waals surface area contributed by atoms with E-state index in [1.807, 2.05) is 17.8 Å². The third-order valence-corrected chi connectivity index (χ3v) is 4.06. The number of carbonyl (C=O) groups is 1. The summed E-state index contributed by atoms with van der Waals surface area (Å²) in [5, 5.41) is 6.33. The summed E-state index contributed by atoms with van der Waals surface area (Å²) in [6.07, 6.45) is 5.44. The van der Waals surface area contributed by atoms with Gasteiger partial charge in [-0.25, -0.2) is 0 Å². The van der Waals surface area contributed by atoms with Gasteiger partial charge in [0.2, 0.25) is 0 Å². The van der Waals surface area contributed by atoms with Crippen LogP contribution in [0, 0.1) is 0 Å². The minimum absolute atomic E-state index is 0.0193. The molecule has 2 N–H and O–H groups in total. The molecule has 1 aromatic heterocycles. The summed E-state index contributed by atoms with van der Waals surface area (Å²) in [6.45, 7) is 2.97. The van der Waals surface area contributed by atoms with Gasteiger partial charge in [0, 0.05) is 30.7 Å². The Morgan fingerprint density at radius 1 is 1.61 bits per heavy atom. The van der Waals surface area contributed by atoms with Crippen LogP contribution in [0.5, 0.6) is 0 Å². The third kappa shape index (κ3) is 3.38. The van der Waals surface area contributed by atoms with Gasteiger partial charge in [0.1, 0.15) is 0 Å². The van der Waals surface area contributed by atoms with Gasteiger partial charge in [0.05, 0.1) is 11.3 Å². The Bertz CT molecular complexity index is 405. The van der Waals surface area contributed by atoms with Gasteiger partial charge in [0.25, 0.3) is 5.91 Å². The van der Waals surface area contributed by atoms with Gasteiger partial charge in [-0.3, -0.25) is 9.78 Å². The molecular formula is C13H19N3OS. The fraction of sp³-hybridized carbons (Fsp3) is 0.538. The maximum atomic E-state index is 12.2. The Morgan fingerprint density at radius 3 is 3.22 bits per heavy atom. The van der Waals surface area contributed by atoms with E-state index in [1.165, 1.54) is 0 Å². The van der Waals surface area contributed by atoms with Crippen LogP contribution in [0.2, 0.25) is 0 Å². The average molecular weight is 265 g/mol. The number of aromatic nitrogens is 1. The minimum atomic E-state index is -0.0193. The molecule has 0 saturated carbocycles. The number of nitrogens with one attached hydrogen (secondary N) is 2. The molecule has 1 aliphatic rings. The van der Waals surface area contributed by atoms with Crippen molar-refractivity contribution in [3.05, 3.63) is 24.0 Å². The number of pyridine rings is 1. The van der Waals surface area contributed by atoms with Gasteiger partial charge in [0.15, 0.2) is 0 Å². The van der Waals surface area contributed by atoms with E-state index in [9.17, 15) is 4.79 Å². The highest BCUT2D eigenvalue weighted by molar-refractivity contribution is 7.99. The number of carbonyl (C=O) groups excluding carboxylic acids is 1. The molecule has 1 atom stereocenters. The summed E-state index contributed by atoms with van der Waals surface area (Å²) < 4.78 is 0. The van der Waals surface area contributed by atoms with Gasteiger partial charge in [-0.1, -0.05) is 6.92 Å². The summed E-state index contributed by atoms with van der Waals surface area (Å²) in [5.74, 6) is 2.14. The highest BCUT2D eigenvalue weighted by Crippen LogP contribution is 2.19. The molecule has 1 aliphatic heterocycles. The Hall–Kier alpha value is -1.23. The van der Waals surface area contributed by atoms with Crippen molar-refractivity contribution in [2.75, 3.05) is 23.4 Å². The lowest BCUT2D eigenvalue weighted by Crippen LogP contribution is -2.35. The fourth-order valence-electron chi connectivity index (χ4n) is 1.90. The number of hydrogen-bond acceptors (Lipinski definition) is 4. The van der Waals surface area contributed by atoms with E-state index in [1.54, 1.807) is 12.4 Å². The van der Waals surface area contributed by atoms with Gasteiger partial charge < -0.3 is 10.6 Å². The normalized spacial score (nSPS) is 18.6. The number of anilines is 1. The Labute approximate surface area is 112 Å². The molecule has 4 nitrogen and oxygen atoms in total. The minimum Gasteiger partial charge on any atom is -0.384 e. The van der Waals surface area contributed by atoms with E-state index >= 15 is 0 Å². The fourth-order valence-corrected chi connectivity index (χ4v) is 3.05. The van der Waals surface area contributed by atoms with Crippen LogP contribution < -0.4 is 10.6 Å². The van der Waals surface area contributed by atoms with E-state index in [0.717, 1.165) is 36.6 Å². The molecule has 1 amide bonds. The first-order chi connectivity index (χ1) is 8.81. The van der Waals surface area contributed by atoms with Gasteiger partial charge in [-0.15, -0.1) is 0 Å². The Morgan fingerprint density at radius 2 is 2.50 bits per heavy atom. The van der Waals surface area contributed by atoms with Crippen molar-refractivity contribution in [3.63, 3.8) is 0 Å². The van der Waals surface area contributed by atoms with E-state index in [0.29, 0.717) is 11.6 Å². The predicted molar refractivity (Wildman–Crippen MR) is 76.2 cm³/mol. The molecule has 18 heavy (non-hydrogen) atoms. The van der Waals surface area contributed by atoms with Crippen molar-refractivity contribution in [2.24, 2.45) is 0 Å². The third-order valence-electron chi connectivity index (χ3n) is 2.90. The van der Waals surface area contributed by atoms with E-state index in [4.69, 9.17) is 0 Å². The lowest BCUT2D eigenvalue weighted by molar-refractivity contribution is 0.0941. The quantitative estimate of drug-likeness (QED) is 0.856. The highest BCUT2D eigenvalue weighted by Gasteiger charge is 2.19. The molecule has 5 heteroatoms. The second kappa shape index (κ2) is 6.64. The largest absolute Gasteiger partial charge is 0.384 e. The summed E-state index contributed by atoms with van der Waals surface area (Å²) >= 11 is 1.89. The van der Waals surface area contributed by atoms with Gasteiger partial charge in [-0.2, -0.15) is 11.8 Å². The molecule has 1 fully saturated rings. The van der Waals surface area contributed by atoms with Crippen molar-refractivity contribution in [2.45, 2.75) is 25.8 Å². The summed E-state index contributed by atoms with van der Waals surface area (Å²) in [7, 11) is 0. The maximum Gasteiger partial charge on any atom is 0.255 e. The van der Waals surface area contributed by atoms with Crippen molar-refractivity contribution in [3.8, 4) is 0 Å². The molecule has 1 unspecified atom stereocenters. The van der Waals surface area contributed by atoms with Crippen LogP contribution in [0.25, 0.3) is 0 Å². The number of thioether (sulfide) groups is 1. The summed E-state index contributed by atoms with van der Waals surface area (Å²) in [5.41, 5.74) is 1.51. The Balaban J connectivity index is 2.03. The molecule has 0 bridgehead atoms. The number of hydrogen-bond donors (Lipinski definition) is 2. The molecule has 2 heterocycles. The zero-order valence-corrected chi connectivity index (χ0v) is 11.4. The molecular weight excluding hydrogens is 246 g/mol. The van der Waals surface area contributed by atoms with E-state index in [2.05, 4.69) is 22.5 Å². The van der Waals surface area contributed by atoms with Crippen LogP contribution in [0.1, 0.15) is 30.1 Å². The molecule has 0 radical (unpaired) electrons. The van der Waals surface area contributed by atoms with Gasteiger partial charge >= 0.3 is 0 Å². The molecule has 98 valence electrons. The first-order valence-corrected chi connectivity index (χ1v) is 7.53. The van der Waals surface area contributed by atoms with Crippen LogP contribution in [0.3, 0.4) is 0 Å². The molecule has 0 aromatic carbocycles. The highest BCUT2D eigenvalue weighted by atomic mass is 32.2. The first-order valence-electron chi connectivity index (χ1n) is 6.37. The van der Waals surface area contributed by atoms with Crippen LogP contribution in [0.4, 0.5) is 5.69 Å². The molecule has 0 spiro atoms. The number of rotatable bonds is 5. The second-order valence-electron chi connectivity index (χ2n) is 4.38. The molecule has 1 saturated heterocycles. The predicted octanol–water partition coefficient (Wildman–Crippen LogP) is 2.14. The number of nitrogens with zero attached hydrogens (tertiary/aromatic N) is 1. The zero-order chi connectivity index (χ0) is 12.8. The second-order valence-corrected chi connectivity index (χ2v) is 5.53. The topological polar surface area (TPSA) is 54.0 Å². The average Bonchev–Trinajstić information content (AvgIpc) is 2.89. The van der Waals surface area contributed by atoms with Crippen molar-refractivity contribution in [1.29, 1.82) is 0 Å². The standard InChI is InChI=1S/C13H19N3OS/c1-2-5-15-12-3-6-14-8-11(12)13(17)16-10-4-7-18-9-10/h3,6,8,10H,2,4-5,7,9H2,1H3,(H,14,15)(H,16,17). The smallest absolute Gasteiger partial charge is 0.255 e. The molecule has 0 aliphatic carbocycles.